The number of unbranched alkanes of at least 4 members (excludes halogenated alkanes) is 36. The molecular weight excluding hydrogens is 727 g/mol. The van der Waals surface area contributed by atoms with Crippen LogP contribution < -0.4 is 9.31 Å². The molecule has 0 aliphatic heterocycles. The highest BCUT2D eigenvalue weighted by Crippen LogP contribution is 2.31. The molecule has 0 atom stereocenters. The maximum atomic E-state index is 6.39. The van der Waals surface area contributed by atoms with E-state index in [2.05, 4.69) is 32.9 Å². The van der Waals surface area contributed by atoms with Crippen molar-refractivity contribution in [2.75, 3.05) is 0 Å². The maximum absolute atomic E-state index is 6.39. The van der Waals surface area contributed by atoms with Gasteiger partial charge in [-0.1, -0.05) is 276 Å². The second-order valence-electron chi connectivity index (χ2n) is 18.8. The van der Waals surface area contributed by atoms with Crippen molar-refractivity contribution in [3.63, 3.8) is 0 Å². The van der Waals surface area contributed by atoms with Gasteiger partial charge in [0.25, 0.3) is 0 Å². The van der Waals surface area contributed by atoms with Crippen LogP contribution in [0.3, 0.4) is 0 Å². The Morgan fingerprint density at radius 3 is 0.983 bits per heavy atom. The van der Waals surface area contributed by atoms with Gasteiger partial charge in [0.2, 0.25) is 0 Å². The van der Waals surface area contributed by atoms with Gasteiger partial charge in [0.05, 0.1) is 0 Å². The first-order chi connectivity index (χ1) is 29.8. The summed E-state index contributed by atoms with van der Waals surface area (Å²) in [5.41, 5.74) is 4.68. The molecule has 0 amide bonds. The van der Waals surface area contributed by atoms with E-state index in [1.54, 1.807) is 18.8 Å². The van der Waals surface area contributed by atoms with E-state index in [4.69, 9.17) is 9.31 Å². The van der Waals surface area contributed by atoms with Crippen LogP contribution in [0, 0.1) is 0 Å². The highest BCUT2D eigenvalue weighted by atomic mass is 16.6. The molecule has 0 aromatic heterocycles. The van der Waals surface area contributed by atoms with Gasteiger partial charge in [0.1, 0.15) is 11.5 Å². The van der Waals surface area contributed by atoms with Crippen molar-refractivity contribution in [1.82, 2.24) is 0 Å². The Labute approximate surface area is 376 Å². The van der Waals surface area contributed by atoms with Crippen molar-refractivity contribution in [3.05, 3.63) is 59.2 Å². The highest BCUT2D eigenvalue weighted by Gasteiger charge is 2.16. The van der Waals surface area contributed by atoms with Crippen molar-refractivity contribution in [1.29, 1.82) is 0 Å². The van der Waals surface area contributed by atoms with E-state index in [1.807, 2.05) is 30.3 Å². The SMILES string of the molecule is CCCCCCCCCCCCCCCc1ccc(O[B]Oc2ccccc2)c(CCCCCCCCCCCCCCC)c1CCCCCCCCCCCCCCC. The first-order valence-corrected chi connectivity index (χ1v) is 27.1. The first-order valence-electron chi connectivity index (χ1n) is 27.1. The monoisotopic (exact) mass is 828 g/mol. The molecule has 0 unspecified atom stereocenters. The molecule has 0 aliphatic rings. The van der Waals surface area contributed by atoms with Gasteiger partial charge in [-0.05, 0) is 73.4 Å². The van der Waals surface area contributed by atoms with Crippen molar-refractivity contribution in [3.8, 4) is 11.5 Å². The molecule has 2 aromatic carbocycles. The minimum absolute atomic E-state index is 0.821. The van der Waals surface area contributed by atoms with Crippen LogP contribution in [-0.2, 0) is 19.3 Å². The summed E-state index contributed by atoms with van der Waals surface area (Å²) in [6.45, 7) is 6.94. The van der Waals surface area contributed by atoms with Crippen LogP contribution in [0.15, 0.2) is 42.5 Å². The fourth-order valence-electron chi connectivity index (χ4n) is 9.25. The van der Waals surface area contributed by atoms with Gasteiger partial charge in [-0.15, -0.1) is 0 Å². The summed E-state index contributed by atoms with van der Waals surface area (Å²) in [5, 5.41) is 0. The Morgan fingerprint density at radius 1 is 0.300 bits per heavy atom. The van der Waals surface area contributed by atoms with Crippen LogP contribution in [-0.4, -0.2) is 7.69 Å². The largest absolute Gasteiger partial charge is 0.658 e. The molecule has 0 saturated heterocycles. The molecule has 0 saturated carbocycles. The Morgan fingerprint density at radius 2 is 0.617 bits per heavy atom. The quantitative estimate of drug-likeness (QED) is 0.0489. The van der Waals surface area contributed by atoms with Gasteiger partial charge in [0.15, 0.2) is 0 Å². The Kier molecular flexibility index (Phi) is 38.3. The van der Waals surface area contributed by atoms with Crippen LogP contribution in [0.25, 0.3) is 0 Å². The zero-order chi connectivity index (χ0) is 42.7. The lowest BCUT2D eigenvalue weighted by molar-refractivity contribution is 0.453. The molecule has 2 rings (SSSR count). The number of aryl methyl sites for hydroxylation is 1. The normalized spacial score (nSPS) is 11.4. The molecule has 2 nitrogen and oxygen atoms in total. The Hall–Kier alpha value is -1.90. The molecule has 3 heteroatoms. The van der Waals surface area contributed by atoms with Crippen molar-refractivity contribution < 1.29 is 9.31 Å². The number of benzene rings is 2. The second kappa shape index (κ2) is 42.4. The minimum Gasteiger partial charge on any atom is -0.526 e. The van der Waals surface area contributed by atoms with Crippen LogP contribution in [0.1, 0.15) is 288 Å². The molecule has 0 N–H and O–H groups in total. The summed E-state index contributed by atoms with van der Waals surface area (Å²) < 4.78 is 12.3. The third-order valence-electron chi connectivity index (χ3n) is 13.2. The smallest absolute Gasteiger partial charge is 0.526 e. The zero-order valence-electron chi connectivity index (χ0n) is 40.6. The minimum atomic E-state index is 0.821. The molecule has 343 valence electrons. The van der Waals surface area contributed by atoms with E-state index < -0.39 is 0 Å². The fraction of sp³-hybridized carbons (Fsp3) is 0.789. The van der Waals surface area contributed by atoms with Crippen LogP contribution in [0.5, 0.6) is 11.5 Å². The number of para-hydroxylation sites is 1. The predicted octanol–water partition coefficient (Wildman–Crippen LogP) is 19.6. The van der Waals surface area contributed by atoms with Crippen LogP contribution in [0.4, 0.5) is 0 Å². The summed E-state index contributed by atoms with van der Waals surface area (Å²) in [6, 6.07) is 14.7. The molecule has 0 heterocycles. The molecule has 0 aliphatic carbocycles. The van der Waals surface area contributed by atoms with Gasteiger partial charge in [-0.25, -0.2) is 0 Å². The Balaban J connectivity index is 1.93. The summed E-state index contributed by atoms with van der Waals surface area (Å²) >= 11 is 0. The third kappa shape index (κ3) is 31.0. The van der Waals surface area contributed by atoms with Crippen molar-refractivity contribution in [2.45, 2.75) is 290 Å². The van der Waals surface area contributed by atoms with Gasteiger partial charge < -0.3 is 9.31 Å². The standard InChI is InChI=1S/C57H100BO2/c1-4-7-10-13-16-19-22-25-28-31-34-37-41-46-53-51-52-57(60-58-59-54-47-42-40-43-48-54)56(50-45-39-36-33-30-27-24-21-18-15-12-9-6-3)55(53)49-44-38-35-32-29-26-23-20-17-14-11-8-5-2/h40,42-43,47-48,51-52H,4-39,41,44-46,49-50H2,1-3H3. The molecule has 0 fully saturated rings. The fourth-order valence-corrected chi connectivity index (χ4v) is 9.25. The molecular formula is C57H100BO2. The van der Waals surface area contributed by atoms with Crippen LogP contribution in [0.2, 0.25) is 0 Å². The van der Waals surface area contributed by atoms with E-state index in [0.29, 0.717) is 0 Å². The molecule has 0 bridgehead atoms. The molecule has 2 aromatic rings. The van der Waals surface area contributed by atoms with E-state index in [9.17, 15) is 0 Å². The van der Waals surface area contributed by atoms with E-state index in [1.165, 1.54) is 269 Å². The zero-order valence-corrected chi connectivity index (χ0v) is 40.6. The lowest BCUT2D eigenvalue weighted by Crippen LogP contribution is -2.14. The predicted molar refractivity (Wildman–Crippen MR) is 268 cm³/mol. The first kappa shape index (κ1) is 54.2. The summed E-state index contributed by atoms with van der Waals surface area (Å²) in [6.07, 6.45) is 58.2. The maximum Gasteiger partial charge on any atom is 0.658 e. The third-order valence-corrected chi connectivity index (χ3v) is 13.2. The average Bonchev–Trinajstić information content (AvgIpc) is 3.27. The molecule has 60 heavy (non-hydrogen) atoms. The van der Waals surface area contributed by atoms with Gasteiger partial charge in [-0.2, -0.15) is 0 Å². The van der Waals surface area contributed by atoms with E-state index in [0.717, 1.165) is 17.9 Å². The van der Waals surface area contributed by atoms with E-state index in [-0.39, 0.29) is 0 Å². The van der Waals surface area contributed by atoms with Crippen molar-refractivity contribution >= 4 is 7.69 Å². The number of hydrogen-bond acceptors (Lipinski definition) is 2. The number of rotatable bonds is 46. The number of hydrogen-bond donors (Lipinski definition) is 0. The van der Waals surface area contributed by atoms with Crippen LogP contribution >= 0.6 is 0 Å². The van der Waals surface area contributed by atoms with Gasteiger partial charge in [0, 0.05) is 0 Å². The van der Waals surface area contributed by atoms with Crippen molar-refractivity contribution in [2.24, 2.45) is 0 Å². The summed E-state index contributed by atoms with van der Waals surface area (Å²) in [4.78, 5) is 0. The molecule has 1 radical (unpaired) electrons. The average molecular weight is 828 g/mol. The summed E-state index contributed by atoms with van der Waals surface area (Å²) in [7, 11) is 1.57. The Bertz CT molecular complexity index is 1160. The summed E-state index contributed by atoms with van der Waals surface area (Å²) in [5.74, 6) is 1.84. The van der Waals surface area contributed by atoms with E-state index >= 15 is 0 Å². The molecule has 0 spiro atoms. The van der Waals surface area contributed by atoms with Gasteiger partial charge in [-0.3, -0.25) is 0 Å². The highest BCUT2D eigenvalue weighted by molar-refractivity contribution is 6.20. The topological polar surface area (TPSA) is 18.5 Å². The second-order valence-corrected chi connectivity index (χ2v) is 18.8. The lowest BCUT2D eigenvalue weighted by Gasteiger charge is -2.20. The lowest BCUT2D eigenvalue weighted by atomic mass is 9.89. The van der Waals surface area contributed by atoms with Gasteiger partial charge >= 0.3 is 7.69 Å².